The van der Waals surface area contributed by atoms with Crippen LogP contribution >= 0.6 is 0 Å². The first-order valence-corrected chi connectivity index (χ1v) is 6.11. The number of aryl methyl sites for hydroxylation is 2. The lowest BCUT2D eigenvalue weighted by atomic mass is 9.99. The molecule has 1 saturated heterocycles. The van der Waals surface area contributed by atoms with Crippen molar-refractivity contribution >= 4 is 6.03 Å². The number of nitrogens with one attached hydrogen (secondary N) is 1. The van der Waals surface area contributed by atoms with E-state index in [0.29, 0.717) is 19.5 Å². The van der Waals surface area contributed by atoms with E-state index in [9.17, 15) is 4.79 Å². The molecule has 1 fully saturated rings. The zero-order valence-electron chi connectivity index (χ0n) is 10.7. The molecule has 2 rings (SSSR count). The minimum absolute atomic E-state index is 0.0380. The fourth-order valence-corrected chi connectivity index (χ4v) is 2.28. The van der Waals surface area contributed by atoms with Gasteiger partial charge in [-0.25, -0.2) is 4.79 Å². The van der Waals surface area contributed by atoms with Gasteiger partial charge in [-0.15, -0.1) is 0 Å². The van der Waals surface area contributed by atoms with E-state index in [2.05, 4.69) is 36.5 Å². The second-order valence-electron chi connectivity index (χ2n) is 4.72. The Balaban J connectivity index is 2.14. The first kappa shape index (κ1) is 12.4. The van der Waals surface area contributed by atoms with Crippen LogP contribution in [0.2, 0.25) is 0 Å². The van der Waals surface area contributed by atoms with Crippen LogP contribution in [0.4, 0.5) is 4.79 Å². The van der Waals surface area contributed by atoms with Crippen molar-refractivity contribution in [1.82, 2.24) is 10.2 Å². The Labute approximate surface area is 107 Å². The quantitative estimate of drug-likeness (QED) is 0.885. The first-order valence-electron chi connectivity index (χ1n) is 6.11. The van der Waals surface area contributed by atoms with E-state index in [1.807, 2.05) is 6.92 Å². The molecule has 1 aliphatic rings. The molecule has 0 aliphatic carbocycles. The lowest BCUT2D eigenvalue weighted by molar-refractivity contribution is 0.218. The number of rotatable bonds is 3. The van der Waals surface area contributed by atoms with Crippen molar-refractivity contribution in [2.75, 3.05) is 13.1 Å². The van der Waals surface area contributed by atoms with Crippen molar-refractivity contribution in [1.29, 1.82) is 5.26 Å². The highest BCUT2D eigenvalue weighted by Crippen LogP contribution is 2.24. The van der Waals surface area contributed by atoms with Crippen LogP contribution in [0.25, 0.3) is 0 Å². The predicted octanol–water partition coefficient (Wildman–Crippen LogP) is 2.28. The second-order valence-corrected chi connectivity index (χ2v) is 4.72. The van der Waals surface area contributed by atoms with Gasteiger partial charge in [-0.2, -0.15) is 5.26 Å². The van der Waals surface area contributed by atoms with Gasteiger partial charge in [-0.05, 0) is 25.0 Å². The molecule has 94 valence electrons. The van der Waals surface area contributed by atoms with E-state index in [0.717, 1.165) is 0 Å². The van der Waals surface area contributed by atoms with Gasteiger partial charge in [0.25, 0.3) is 0 Å². The number of carbonyl (C=O) groups is 1. The second kappa shape index (κ2) is 5.09. The van der Waals surface area contributed by atoms with Gasteiger partial charge < -0.3 is 10.2 Å². The SMILES string of the molecule is Cc1ccc(C)c(C2CN(CCC#N)C(=O)N2)c1. The van der Waals surface area contributed by atoms with E-state index >= 15 is 0 Å². The summed E-state index contributed by atoms with van der Waals surface area (Å²) in [6.07, 6.45) is 0.382. The van der Waals surface area contributed by atoms with Crippen LogP contribution in [-0.2, 0) is 0 Å². The molecule has 1 aliphatic heterocycles. The molecule has 1 aromatic carbocycles. The van der Waals surface area contributed by atoms with E-state index in [4.69, 9.17) is 5.26 Å². The van der Waals surface area contributed by atoms with Crippen LogP contribution in [-0.4, -0.2) is 24.0 Å². The van der Waals surface area contributed by atoms with Crippen molar-refractivity contribution in [3.63, 3.8) is 0 Å². The van der Waals surface area contributed by atoms with Crippen molar-refractivity contribution in [3.05, 3.63) is 34.9 Å². The number of nitrogens with zero attached hydrogens (tertiary/aromatic N) is 2. The van der Waals surface area contributed by atoms with Crippen molar-refractivity contribution in [3.8, 4) is 6.07 Å². The minimum atomic E-state index is -0.0730. The molecule has 0 bridgehead atoms. The monoisotopic (exact) mass is 243 g/mol. The van der Waals surface area contributed by atoms with Crippen LogP contribution in [0.3, 0.4) is 0 Å². The van der Waals surface area contributed by atoms with Gasteiger partial charge >= 0.3 is 6.03 Å². The Morgan fingerprint density at radius 3 is 3.00 bits per heavy atom. The molecule has 0 saturated carbocycles. The third-order valence-electron chi connectivity index (χ3n) is 3.29. The van der Waals surface area contributed by atoms with Crippen LogP contribution < -0.4 is 5.32 Å². The van der Waals surface area contributed by atoms with Gasteiger partial charge in [-0.1, -0.05) is 23.8 Å². The summed E-state index contributed by atoms with van der Waals surface area (Å²) in [6, 6.07) is 8.30. The van der Waals surface area contributed by atoms with Crippen LogP contribution in [0.15, 0.2) is 18.2 Å². The van der Waals surface area contributed by atoms with Gasteiger partial charge in [0.1, 0.15) is 0 Å². The summed E-state index contributed by atoms with van der Waals surface area (Å²) in [5, 5.41) is 11.5. The maximum Gasteiger partial charge on any atom is 0.318 e. The molecule has 0 spiro atoms. The maximum atomic E-state index is 11.8. The largest absolute Gasteiger partial charge is 0.329 e. The molecule has 1 heterocycles. The molecule has 18 heavy (non-hydrogen) atoms. The fourth-order valence-electron chi connectivity index (χ4n) is 2.28. The van der Waals surface area contributed by atoms with E-state index in [1.165, 1.54) is 16.7 Å². The molecule has 1 unspecified atom stereocenters. The number of hydrogen-bond acceptors (Lipinski definition) is 2. The van der Waals surface area contributed by atoms with Crippen LogP contribution in [0, 0.1) is 25.2 Å². The summed E-state index contributed by atoms with van der Waals surface area (Å²) in [4.78, 5) is 13.5. The average Bonchev–Trinajstić information content (AvgIpc) is 2.71. The minimum Gasteiger partial charge on any atom is -0.329 e. The molecule has 2 amide bonds. The average molecular weight is 243 g/mol. The Morgan fingerprint density at radius 2 is 2.28 bits per heavy atom. The van der Waals surface area contributed by atoms with E-state index in [1.54, 1.807) is 4.90 Å². The molecule has 1 aromatic rings. The smallest absolute Gasteiger partial charge is 0.318 e. The van der Waals surface area contributed by atoms with Gasteiger partial charge in [-0.3, -0.25) is 0 Å². The molecule has 4 nitrogen and oxygen atoms in total. The molecule has 1 atom stereocenters. The third kappa shape index (κ3) is 2.45. The summed E-state index contributed by atoms with van der Waals surface area (Å²) in [6.45, 7) is 5.25. The van der Waals surface area contributed by atoms with Crippen LogP contribution in [0.5, 0.6) is 0 Å². The lowest BCUT2D eigenvalue weighted by Crippen LogP contribution is -2.28. The normalized spacial score (nSPS) is 18.6. The fraction of sp³-hybridized carbons (Fsp3) is 0.429. The molecule has 0 radical (unpaired) electrons. The van der Waals surface area contributed by atoms with E-state index < -0.39 is 0 Å². The Bertz CT molecular complexity index is 504. The van der Waals surface area contributed by atoms with Gasteiger partial charge in [0.05, 0.1) is 18.5 Å². The van der Waals surface area contributed by atoms with Crippen molar-refractivity contribution < 1.29 is 4.79 Å². The summed E-state index contributed by atoms with van der Waals surface area (Å²) < 4.78 is 0. The summed E-state index contributed by atoms with van der Waals surface area (Å²) in [5.74, 6) is 0. The highest BCUT2D eigenvalue weighted by atomic mass is 16.2. The summed E-state index contributed by atoms with van der Waals surface area (Å²) >= 11 is 0. The van der Waals surface area contributed by atoms with Crippen molar-refractivity contribution in [2.24, 2.45) is 0 Å². The van der Waals surface area contributed by atoms with Gasteiger partial charge in [0.15, 0.2) is 0 Å². The summed E-state index contributed by atoms with van der Waals surface area (Å²) in [5.41, 5.74) is 3.55. The molecule has 4 heteroatoms. The number of hydrogen-bond donors (Lipinski definition) is 1. The maximum absolute atomic E-state index is 11.8. The number of urea groups is 1. The topological polar surface area (TPSA) is 56.1 Å². The lowest BCUT2D eigenvalue weighted by Gasteiger charge is -2.15. The van der Waals surface area contributed by atoms with Gasteiger partial charge in [0, 0.05) is 13.1 Å². The standard InChI is InChI=1S/C14H17N3O/c1-10-4-5-11(2)12(8-10)13-9-17(7-3-6-15)14(18)16-13/h4-5,8,13H,3,7,9H2,1-2H3,(H,16,18). The first-order chi connectivity index (χ1) is 8.61. The Morgan fingerprint density at radius 1 is 1.50 bits per heavy atom. The highest BCUT2D eigenvalue weighted by Gasteiger charge is 2.29. The molecular formula is C14H17N3O. The zero-order chi connectivity index (χ0) is 13.1. The Kier molecular flexibility index (Phi) is 3.52. The zero-order valence-corrected chi connectivity index (χ0v) is 10.7. The van der Waals surface area contributed by atoms with E-state index in [-0.39, 0.29) is 12.1 Å². The summed E-state index contributed by atoms with van der Waals surface area (Å²) in [7, 11) is 0. The highest BCUT2D eigenvalue weighted by molar-refractivity contribution is 5.77. The number of amides is 2. The van der Waals surface area contributed by atoms with Gasteiger partial charge in [0.2, 0.25) is 0 Å². The Hall–Kier alpha value is -2.02. The van der Waals surface area contributed by atoms with Crippen LogP contribution in [0.1, 0.15) is 29.2 Å². The number of nitriles is 1. The molecule has 0 aromatic heterocycles. The molecular weight excluding hydrogens is 226 g/mol. The van der Waals surface area contributed by atoms with Crippen molar-refractivity contribution in [2.45, 2.75) is 26.3 Å². The number of benzene rings is 1. The predicted molar refractivity (Wildman–Crippen MR) is 69.0 cm³/mol. The number of carbonyl (C=O) groups excluding carboxylic acids is 1. The third-order valence-corrected chi connectivity index (χ3v) is 3.29. The molecule has 1 N–H and O–H groups in total.